The number of benzene rings is 2. The molecule has 4 heteroatoms. The lowest BCUT2D eigenvalue weighted by atomic mass is 10.1. The number of hydrogen-bond acceptors (Lipinski definition) is 2. The number of ether oxygens (including phenoxy) is 1. The molecule has 1 aromatic heterocycles. The molecule has 0 saturated heterocycles. The Labute approximate surface area is 167 Å². The molecule has 0 aliphatic heterocycles. The van der Waals surface area contributed by atoms with Crippen LogP contribution in [0.1, 0.15) is 37.8 Å². The molecule has 3 aromatic rings. The Morgan fingerprint density at radius 2 is 1.82 bits per heavy atom. The van der Waals surface area contributed by atoms with E-state index in [1.165, 1.54) is 22.0 Å². The van der Waals surface area contributed by atoms with Crippen LogP contribution in [0.5, 0.6) is 0 Å². The van der Waals surface area contributed by atoms with Crippen LogP contribution < -0.4 is 5.32 Å². The van der Waals surface area contributed by atoms with Gasteiger partial charge in [0.05, 0.1) is 6.10 Å². The molecule has 28 heavy (non-hydrogen) atoms. The molecule has 0 bridgehead atoms. The van der Waals surface area contributed by atoms with Crippen molar-refractivity contribution in [2.45, 2.75) is 45.8 Å². The van der Waals surface area contributed by atoms with E-state index in [9.17, 15) is 4.79 Å². The van der Waals surface area contributed by atoms with Crippen LogP contribution in [-0.2, 0) is 22.5 Å². The molecule has 0 unspecified atom stereocenters. The monoisotopic (exact) mass is 378 g/mol. The van der Waals surface area contributed by atoms with Crippen molar-refractivity contribution < 1.29 is 9.53 Å². The number of amides is 1. The third kappa shape index (κ3) is 5.70. The summed E-state index contributed by atoms with van der Waals surface area (Å²) in [4.78, 5) is 12.2. The van der Waals surface area contributed by atoms with E-state index in [1.54, 1.807) is 0 Å². The lowest BCUT2D eigenvalue weighted by Crippen LogP contribution is -2.25. The van der Waals surface area contributed by atoms with Gasteiger partial charge in [-0.1, -0.05) is 48.5 Å². The molecule has 0 fully saturated rings. The Bertz CT molecular complexity index is 884. The number of aryl methyl sites for hydroxylation is 1. The van der Waals surface area contributed by atoms with E-state index in [4.69, 9.17) is 4.74 Å². The van der Waals surface area contributed by atoms with E-state index >= 15 is 0 Å². The van der Waals surface area contributed by atoms with Gasteiger partial charge in [-0.05, 0) is 43.9 Å². The average Bonchev–Trinajstić information content (AvgIpc) is 3.04. The zero-order valence-corrected chi connectivity index (χ0v) is 16.9. The van der Waals surface area contributed by atoms with Gasteiger partial charge in [-0.15, -0.1) is 0 Å². The van der Waals surface area contributed by atoms with Gasteiger partial charge in [-0.25, -0.2) is 0 Å². The van der Waals surface area contributed by atoms with Crippen molar-refractivity contribution in [1.29, 1.82) is 0 Å². The lowest BCUT2D eigenvalue weighted by Gasteiger charge is -2.08. The molecule has 3 rings (SSSR count). The van der Waals surface area contributed by atoms with Gasteiger partial charge in [-0.3, -0.25) is 4.79 Å². The normalized spacial score (nSPS) is 11.2. The highest BCUT2D eigenvalue weighted by atomic mass is 16.5. The second-order valence-corrected chi connectivity index (χ2v) is 7.41. The molecule has 1 heterocycles. The summed E-state index contributed by atoms with van der Waals surface area (Å²) in [6, 6.07) is 18.9. The van der Waals surface area contributed by atoms with Gasteiger partial charge in [0, 0.05) is 43.2 Å². The first kappa shape index (κ1) is 20.2. The smallest absolute Gasteiger partial charge is 0.220 e. The molecule has 0 atom stereocenters. The van der Waals surface area contributed by atoms with Gasteiger partial charge in [0.25, 0.3) is 0 Å². The topological polar surface area (TPSA) is 43.3 Å². The summed E-state index contributed by atoms with van der Waals surface area (Å²) >= 11 is 0. The van der Waals surface area contributed by atoms with Crippen LogP contribution in [0.3, 0.4) is 0 Å². The van der Waals surface area contributed by atoms with E-state index in [1.807, 2.05) is 19.9 Å². The van der Waals surface area contributed by atoms with Crippen molar-refractivity contribution in [2.24, 2.45) is 0 Å². The fourth-order valence-corrected chi connectivity index (χ4v) is 3.39. The van der Waals surface area contributed by atoms with Gasteiger partial charge in [0.2, 0.25) is 5.91 Å². The van der Waals surface area contributed by atoms with Gasteiger partial charge >= 0.3 is 0 Å². The molecule has 4 nitrogen and oxygen atoms in total. The Hall–Kier alpha value is -2.59. The Morgan fingerprint density at radius 1 is 1.07 bits per heavy atom. The molecule has 0 aliphatic rings. The SMILES string of the molecule is CC(C)OCCCNC(=O)CCc1cn(Cc2ccccc2)c2ccccc12. The van der Waals surface area contributed by atoms with E-state index in [0.717, 1.165) is 19.4 Å². The summed E-state index contributed by atoms with van der Waals surface area (Å²) in [5, 5.41) is 4.23. The summed E-state index contributed by atoms with van der Waals surface area (Å²) in [7, 11) is 0. The predicted octanol–water partition coefficient (Wildman–Crippen LogP) is 4.55. The maximum atomic E-state index is 12.2. The second kappa shape index (κ2) is 10.1. The fraction of sp³-hybridized carbons (Fsp3) is 0.375. The summed E-state index contributed by atoms with van der Waals surface area (Å²) in [6.45, 7) is 6.23. The van der Waals surface area contributed by atoms with E-state index in [0.29, 0.717) is 19.6 Å². The van der Waals surface area contributed by atoms with E-state index in [2.05, 4.69) is 64.6 Å². The summed E-state index contributed by atoms with van der Waals surface area (Å²) in [5.74, 6) is 0.101. The second-order valence-electron chi connectivity index (χ2n) is 7.41. The zero-order chi connectivity index (χ0) is 19.8. The standard InChI is InChI=1S/C24H30N2O2/c1-19(2)28-16-8-15-25-24(27)14-13-21-18-26(17-20-9-4-3-5-10-20)23-12-7-6-11-22(21)23/h3-7,9-12,18-19H,8,13-17H2,1-2H3,(H,25,27). The van der Waals surface area contributed by atoms with Crippen LogP contribution in [-0.4, -0.2) is 29.7 Å². The molecular weight excluding hydrogens is 348 g/mol. The molecular formula is C24H30N2O2. The van der Waals surface area contributed by atoms with Crippen LogP contribution in [0.2, 0.25) is 0 Å². The minimum atomic E-state index is 0.101. The predicted molar refractivity (Wildman–Crippen MR) is 115 cm³/mol. The molecule has 148 valence electrons. The van der Waals surface area contributed by atoms with Gasteiger partial charge in [-0.2, -0.15) is 0 Å². The Morgan fingerprint density at radius 3 is 2.61 bits per heavy atom. The summed E-state index contributed by atoms with van der Waals surface area (Å²) in [5.41, 5.74) is 3.72. The van der Waals surface area contributed by atoms with Crippen molar-refractivity contribution in [2.75, 3.05) is 13.2 Å². The van der Waals surface area contributed by atoms with Gasteiger partial charge in [0.1, 0.15) is 0 Å². The van der Waals surface area contributed by atoms with Crippen LogP contribution in [0.15, 0.2) is 60.8 Å². The first-order valence-corrected chi connectivity index (χ1v) is 10.1. The fourth-order valence-electron chi connectivity index (χ4n) is 3.39. The third-order valence-corrected chi connectivity index (χ3v) is 4.78. The maximum absolute atomic E-state index is 12.2. The Balaban J connectivity index is 1.58. The highest BCUT2D eigenvalue weighted by molar-refractivity contribution is 5.85. The summed E-state index contributed by atoms with van der Waals surface area (Å²) in [6.07, 6.45) is 4.53. The molecule has 1 amide bonds. The van der Waals surface area contributed by atoms with Crippen molar-refractivity contribution in [3.63, 3.8) is 0 Å². The highest BCUT2D eigenvalue weighted by Crippen LogP contribution is 2.23. The zero-order valence-electron chi connectivity index (χ0n) is 16.9. The average molecular weight is 379 g/mol. The summed E-state index contributed by atoms with van der Waals surface area (Å²) < 4.78 is 7.78. The number of hydrogen-bond donors (Lipinski definition) is 1. The number of carbonyl (C=O) groups is 1. The number of rotatable bonds is 10. The number of fused-ring (bicyclic) bond motifs is 1. The van der Waals surface area contributed by atoms with E-state index < -0.39 is 0 Å². The van der Waals surface area contributed by atoms with Crippen molar-refractivity contribution in [3.05, 3.63) is 71.9 Å². The number of para-hydroxylation sites is 1. The Kier molecular flexibility index (Phi) is 7.26. The first-order chi connectivity index (χ1) is 13.6. The molecule has 0 aliphatic carbocycles. The number of nitrogens with zero attached hydrogens (tertiary/aromatic N) is 1. The number of aromatic nitrogens is 1. The molecule has 0 spiro atoms. The first-order valence-electron chi connectivity index (χ1n) is 10.1. The van der Waals surface area contributed by atoms with Gasteiger partial charge < -0.3 is 14.6 Å². The van der Waals surface area contributed by atoms with Crippen LogP contribution in [0.25, 0.3) is 10.9 Å². The molecule has 1 N–H and O–H groups in total. The largest absolute Gasteiger partial charge is 0.379 e. The number of nitrogens with one attached hydrogen (secondary N) is 1. The maximum Gasteiger partial charge on any atom is 0.220 e. The molecule has 0 radical (unpaired) electrons. The van der Waals surface area contributed by atoms with Crippen LogP contribution >= 0.6 is 0 Å². The third-order valence-electron chi connectivity index (χ3n) is 4.78. The minimum absolute atomic E-state index is 0.101. The molecule has 2 aromatic carbocycles. The van der Waals surface area contributed by atoms with Crippen LogP contribution in [0.4, 0.5) is 0 Å². The van der Waals surface area contributed by atoms with Gasteiger partial charge in [0.15, 0.2) is 0 Å². The molecule has 0 saturated carbocycles. The quantitative estimate of drug-likeness (QED) is 0.526. The van der Waals surface area contributed by atoms with Crippen molar-refractivity contribution in [1.82, 2.24) is 9.88 Å². The number of carbonyl (C=O) groups excluding carboxylic acids is 1. The highest BCUT2D eigenvalue weighted by Gasteiger charge is 2.10. The van der Waals surface area contributed by atoms with Crippen LogP contribution in [0, 0.1) is 0 Å². The lowest BCUT2D eigenvalue weighted by molar-refractivity contribution is -0.121. The minimum Gasteiger partial charge on any atom is -0.379 e. The van der Waals surface area contributed by atoms with Crippen molar-refractivity contribution in [3.8, 4) is 0 Å². The van der Waals surface area contributed by atoms with E-state index in [-0.39, 0.29) is 12.0 Å². The van der Waals surface area contributed by atoms with Crippen molar-refractivity contribution >= 4 is 16.8 Å².